The van der Waals surface area contributed by atoms with Gasteiger partial charge in [0.25, 0.3) is 0 Å². The third kappa shape index (κ3) is 4.70. The molecule has 0 heterocycles. The molecule has 0 bridgehead atoms. The van der Waals surface area contributed by atoms with E-state index in [-0.39, 0.29) is 6.04 Å². The molecular formula is C14H21F2NO. The SMILES string of the molecule is CCCNC(COCCC)c1ccc(F)cc1F. The molecule has 0 radical (unpaired) electrons. The maximum atomic E-state index is 13.7. The van der Waals surface area contributed by atoms with Crippen molar-refractivity contribution >= 4 is 0 Å². The summed E-state index contributed by atoms with van der Waals surface area (Å²) in [6.07, 6.45) is 1.87. The number of ether oxygens (including phenoxy) is 1. The zero-order valence-corrected chi connectivity index (χ0v) is 11.0. The summed E-state index contributed by atoms with van der Waals surface area (Å²) < 4.78 is 32.0. The normalized spacial score (nSPS) is 12.7. The number of hydrogen-bond acceptors (Lipinski definition) is 2. The van der Waals surface area contributed by atoms with Crippen LogP contribution in [0.5, 0.6) is 0 Å². The Balaban J connectivity index is 2.73. The standard InChI is InChI=1S/C14H21F2NO/c1-3-7-17-14(10-18-8-4-2)12-6-5-11(15)9-13(12)16/h5-6,9,14,17H,3-4,7-8,10H2,1-2H3. The Morgan fingerprint density at radius 2 is 2.00 bits per heavy atom. The lowest BCUT2D eigenvalue weighted by molar-refractivity contribution is 0.111. The minimum Gasteiger partial charge on any atom is -0.379 e. The van der Waals surface area contributed by atoms with Gasteiger partial charge in [-0.3, -0.25) is 0 Å². The summed E-state index contributed by atoms with van der Waals surface area (Å²) in [5, 5.41) is 3.22. The summed E-state index contributed by atoms with van der Waals surface area (Å²) in [7, 11) is 0. The van der Waals surface area contributed by atoms with E-state index in [9.17, 15) is 8.78 Å². The molecule has 1 rings (SSSR count). The number of nitrogens with one attached hydrogen (secondary N) is 1. The Hall–Kier alpha value is -1.00. The van der Waals surface area contributed by atoms with Crippen molar-refractivity contribution in [3.8, 4) is 0 Å². The first-order chi connectivity index (χ1) is 8.69. The van der Waals surface area contributed by atoms with Crippen molar-refractivity contribution in [3.05, 3.63) is 35.4 Å². The zero-order chi connectivity index (χ0) is 13.4. The largest absolute Gasteiger partial charge is 0.379 e. The van der Waals surface area contributed by atoms with Gasteiger partial charge in [0.1, 0.15) is 11.6 Å². The average molecular weight is 257 g/mol. The molecule has 0 saturated carbocycles. The van der Waals surface area contributed by atoms with Gasteiger partial charge in [-0.05, 0) is 25.5 Å². The lowest BCUT2D eigenvalue weighted by Gasteiger charge is -2.19. The van der Waals surface area contributed by atoms with Crippen molar-refractivity contribution < 1.29 is 13.5 Å². The van der Waals surface area contributed by atoms with Crippen LogP contribution in [0, 0.1) is 11.6 Å². The van der Waals surface area contributed by atoms with Crippen LogP contribution in [0.25, 0.3) is 0 Å². The van der Waals surface area contributed by atoms with Crippen LogP contribution in [-0.4, -0.2) is 19.8 Å². The fraction of sp³-hybridized carbons (Fsp3) is 0.571. The van der Waals surface area contributed by atoms with Crippen LogP contribution in [0.3, 0.4) is 0 Å². The van der Waals surface area contributed by atoms with Crippen LogP contribution in [0.2, 0.25) is 0 Å². The highest BCUT2D eigenvalue weighted by Crippen LogP contribution is 2.18. The second-order valence-corrected chi connectivity index (χ2v) is 4.25. The molecule has 0 aliphatic rings. The van der Waals surface area contributed by atoms with E-state index in [1.807, 2.05) is 13.8 Å². The predicted molar refractivity (Wildman–Crippen MR) is 68.5 cm³/mol. The van der Waals surface area contributed by atoms with E-state index in [2.05, 4.69) is 5.32 Å². The van der Waals surface area contributed by atoms with Gasteiger partial charge < -0.3 is 10.1 Å². The van der Waals surface area contributed by atoms with Crippen LogP contribution >= 0.6 is 0 Å². The molecule has 1 unspecified atom stereocenters. The van der Waals surface area contributed by atoms with Crippen LogP contribution in [-0.2, 0) is 4.74 Å². The first-order valence-corrected chi connectivity index (χ1v) is 6.45. The van der Waals surface area contributed by atoms with Gasteiger partial charge in [-0.2, -0.15) is 0 Å². The number of benzene rings is 1. The van der Waals surface area contributed by atoms with Crippen molar-refractivity contribution in [2.24, 2.45) is 0 Å². The Kier molecular flexibility index (Phi) is 6.83. The molecule has 0 aliphatic carbocycles. The van der Waals surface area contributed by atoms with E-state index in [0.29, 0.717) is 18.8 Å². The van der Waals surface area contributed by atoms with Gasteiger partial charge in [0.05, 0.1) is 12.6 Å². The van der Waals surface area contributed by atoms with Gasteiger partial charge in [-0.25, -0.2) is 8.78 Å². The van der Waals surface area contributed by atoms with Gasteiger partial charge in [0.15, 0.2) is 0 Å². The van der Waals surface area contributed by atoms with Gasteiger partial charge in [0.2, 0.25) is 0 Å². The van der Waals surface area contributed by atoms with E-state index < -0.39 is 11.6 Å². The molecule has 1 N–H and O–H groups in total. The molecular weight excluding hydrogens is 236 g/mol. The second-order valence-electron chi connectivity index (χ2n) is 4.25. The number of hydrogen-bond donors (Lipinski definition) is 1. The topological polar surface area (TPSA) is 21.3 Å². The molecule has 0 saturated heterocycles. The zero-order valence-electron chi connectivity index (χ0n) is 11.0. The summed E-state index contributed by atoms with van der Waals surface area (Å²) >= 11 is 0. The molecule has 0 aliphatic heterocycles. The summed E-state index contributed by atoms with van der Waals surface area (Å²) in [5.41, 5.74) is 0.459. The minimum atomic E-state index is -0.556. The van der Waals surface area contributed by atoms with E-state index in [1.165, 1.54) is 12.1 Å². The van der Waals surface area contributed by atoms with E-state index in [4.69, 9.17) is 4.74 Å². The summed E-state index contributed by atoms with van der Waals surface area (Å²) in [4.78, 5) is 0. The average Bonchev–Trinajstić information content (AvgIpc) is 2.34. The highest BCUT2D eigenvalue weighted by atomic mass is 19.1. The van der Waals surface area contributed by atoms with Crippen LogP contribution in [0.15, 0.2) is 18.2 Å². The third-order valence-electron chi connectivity index (χ3n) is 2.61. The summed E-state index contributed by atoms with van der Waals surface area (Å²) in [6, 6.07) is 3.44. The van der Waals surface area contributed by atoms with Crippen LogP contribution in [0.1, 0.15) is 38.3 Å². The molecule has 0 amide bonds. The molecule has 0 fully saturated rings. The van der Waals surface area contributed by atoms with Gasteiger partial charge in [-0.1, -0.05) is 19.9 Å². The molecule has 2 nitrogen and oxygen atoms in total. The van der Waals surface area contributed by atoms with Crippen molar-refractivity contribution in [1.29, 1.82) is 0 Å². The van der Waals surface area contributed by atoms with Crippen LogP contribution in [0.4, 0.5) is 8.78 Å². The maximum absolute atomic E-state index is 13.7. The lowest BCUT2D eigenvalue weighted by Crippen LogP contribution is -2.27. The first kappa shape index (κ1) is 15.1. The molecule has 18 heavy (non-hydrogen) atoms. The monoisotopic (exact) mass is 257 g/mol. The fourth-order valence-corrected chi connectivity index (χ4v) is 1.71. The highest BCUT2D eigenvalue weighted by Gasteiger charge is 2.15. The third-order valence-corrected chi connectivity index (χ3v) is 2.61. The molecule has 102 valence electrons. The van der Waals surface area contributed by atoms with Crippen LogP contribution < -0.4 is 5.32 Å². The number of halogens is 2. The minimum absolute atomic E-state index is 0.225. The van der Waals surface area contributed by atoms with Crippen molar-refractivity contribution in [2.45, 2.75) is 32.7 Å². The highest BCUT2D eigenvalue weighted by molar-refractivity contribution is 5.22. The second kappa shape index (κ2) is 8.16. The Morgan fingerprint density at radius 1 is 1.22 bits per heavy atom. The summed E-state index contributed by atoms with van der Waals surface area (Å²) in [6.45, 7) is 5.88. The Labute approximate surface area is 107 Å². The van der Waals surface area contributed by atoms with Gasteiger partial charge in [-0.15, -0.1) is 0 Å². The van der Waals surface area contributed by atoms with Crippen molar-refractivity contribution in [2.75, 3.05) is 19.8 Å². The smallest absolute Gasteiger partial charge is 0.130 e. The molecule has 0 aromatic heterocycles. The van der Waals surface area contributed by atoms with E-state index >= 15 is 0 Å². The maximum Gasteiger partial charge on any atom is 0.130 e. The Bertz CT molecular complexity index is 358. The number of rotatable bonds is 8. The molecule has 1 aromatic carbocycles. The first-order valence-electron chi connectivity index (χ1n) is 6.45. The molecule has 1 atom stereocenters. The predicted octanol–water partition coefficient (Wildman–Crippen LogP) is 3.43. The van der Waals surface area contributed by atoms with E-state index in [0.717, 1.165) is 25.5 Å². The molecule has 1 aromatic rings. The summed E-state index contributed by atoms with van der Waals surface area (Å²) in [5.74, 6) is -1.08. The quantitative estimate of drug-likeness (QED) is 0.720. The molecule has 4 heteroatoms. The fourth-order valence-electron chi connectivity index (χ4n) is 1.71. The van der Waals surface area contributed by atoms with Crippen molar-refractivity contribution in [1.82, 2.24) is 5.32 Å². The molecule has 0 spiro atoms. The van der Waals surface area contributed by atoms with Gasteiger partial charge in [0, 0.05) is 18.2 Å². The Morgan fingerprint density at radius 3 is 2.61 bits per heavy atom. The van der Waals surface area contributed by atoms with Crippen molar-refractivity contribution in [3.63, 3.8) is 0 Å². The van der Waals surface area contributed by atoms with E-state index in [1.54, 1.807) is 0 Å². The lowest BCUT2D eigenvalue weighted by atomic mass is 10.1. The van der Waals surface area contributed by atoms with Gasteiger partial charge >= 0.3 is 0 Å².